The summed E-state index contributed by atoms with van der Waals surface area (Å²) >= 11 is 0. The summed E-state index contributed by atoms with van der Waals surface area (Å²) in [6.45, 7) is 0.763. The number of carbonyl (C=O) groups excluding carboxylic acids is 1. The molecule has 7 heteroatoms. The van der Waals surface area contributed by atoms with E-state index in [1.165, 1.54) is 0 Å². The minimum absolute atomic E-state index is 0.235. The van der Waals surface area contributed by atoms with Crippen LogP contribution in [0.4, 0.5) is 4.79 Å². The number of aromatic nitrogens is 3. The van der Waals surface area contributed by atoms with Crippen molar-refractivity contribution in [1.82, 2.24) is 15.2 Å². The van der Waals surface area contributed by atoms with Crippen LogP contribution in [0.1, 0.15) is 6.42 Å². The van der Waals surface area contributed by atoms with Gasteiger partial charge in [-0.05, 0) is 17.3 Å². The Morgan fingerprint density at radius 3 is 3.00 bits per heavy atom. The van der Waals surface area contributed by atoms with Gasteiger partial charge in [0.05, 0.1) is 6.61 Å². The van der Waals surface area contributed by atoms with Gasteiger partial charge in [-0.25, -0.2) is 4.79 Å². The fourth-order valence-electron chi connectivity index (χ4n) is 1.37. The normalized spacial score (nSPS) is 10.5. The van der Waals surface area contributed by atoms with Crippen LogP contribution in [0.15, 0.2) is 24.3 Å². The Kier molecular flexibility index (Phi) is 4.08. The first kappa shape index (κ1) is 12.3. The molecular weight excluding hydrogens is 238 g/mol. The molecule has 2 aromatic rings. The molecule has 1 aromatic heterocycles. The first-order valence-corrected chi connectivity index (χ1v) is 5.46. The fourth-order valence-corrected chi connectivity index (χ4v) is 1.37. The van der Waals surface area contributed by atoms with Gasteiger partial charge < -0.3 is 9.47 Å². The molecule has 0 atom stereocenters. The van der Waals surface area contributed by atoms with Gasteiger partial charge in [-0.1, -0.05) is 17.0 Å². The van der Waals surface area contributed by atoms with Crippen LogP contribution in [-0.2, 0) is 9.47 Å². The second-order valence-corrected chi connectivity index (χ2v) is 3.49. The Balaban J connectivity index is 1.91. The van der Waals surface area contributed by atoms with E-state index in [2.05, 4.69) is 10.3 Å². The van der Waals surface area contributed by atoms with Gasteiger partial charge in [0.2, 0.25) is 0 Å². The molecule has 0 aliphatic carbocycles. The number of benzene rings is 1. The van der Waals surface area contributed by atoms with Crippen LogP contribution in [0.2, 0.25) is 0 Å². The highest BCUT2D eigenvalue weighted by Gasteiger charge is 2.10. The zero-order valence-corrected chi connectivity index (χ0v) is 9.91. The lowest BCUT2D eigenvalue weighted by Crippen LogP contribution is -2.22. The monoisotopic (exact) mass is 251 g/mol. The highest BCUT2D eigenvalue weighted by molar-refractivity contribution is 5.74. The lowest BCUT2D eigenvalue weighted by Gasteiger charge is -2.04. The number of rotatable bonds is 5. The maximum Gasteiger partial charge on any atom is 0.535 e. The number of para-hydroxylation sites is 1. The van der Waals surface area contributed by atoms with Crippen molar-refractivity contribution in [1.29, 1.82) is 0 Å². The number of hydrogen-bond donors (Lipinski definition) is 0. The van der Waals surface area contributed by atoms with E-state index in [1.54, 1.807) is 25.3 Å². The summed E-state index contributed by atoms with van der Waals surface area (Å²) < 4.78 is 9.66. The van der Waals surface area contributed by atoms with E-state index in [1.807, 2.05) is 6.07 Å². The Morgan fingerprint density at radius 1 is 1.33 bits per heavy atom. The van der Waals surface area contributed by atoms with Gasteiger partial charge in [0, 0.05) is 20.1 Å². The van der Waals surface area contributed by atoms with Gasteiger partial charge in [-0.15, -0.1) is 5.10 Å². The summed E-state index contributed by atoms with van der Waals surface area (Å²) in [5.74, 6) is 0. The quantitative estimate of drug-likeness (QED) is 0.449. The van der Waals surface area contributed by atoms with Crippen LogP contribution >= 0.6 is 0 Å². The van der Waals surface area contributed by atoms with Crippen LogP contribution in [0.25, 0.3) is 11.0 Å². The van der Waals surface area contributed by atoms with Crippen molar-refractivity contribution in [3.05, 3.63) is 24.3 Å². The van der Waals surface area contributed by atoms with Crippen LogP contribution in [0.3, 0.4) is 0 Å². The minimum atomic E-state index is -0.818. The Hall–Kier alpha value is -2.15. The van der Waals surface area contributed by atoms with Crippen molar-refractivity contribution < 1.29 is 19.1 Å². The fraction of sp³-hybridized carbons (Fsp3) is 0.364. The third kappa shape index (κ3) is 2.95. The molecule has 0 saturated heterocycles. The maximum atomic E-state index is 11.3. The zero-order valence-electron chi connectivity index (χ0n) is 9.91. The Morgan fingerprint density at radius 2 is 2.17 bits per heavy atom. The van der Waals surface area contributed by atoms with E-state index < -0.39 is 6.16 Å². The molecule has 1 heterocycles. The van der Waals surface area contributed by atoms with Gasteiger partial charge in [0.15, 0.2) is 0 Å². The maximum absolute atomic E-state index is 11.3. The number of fused-ring (bicyclic) bond motifs is 1. The molecule has 18 heavy (non-hydrogen) atoms. The number of methoxy groups -OCH3 is 1. The van der Waals surface area contributed by atoms with E-state index >= 15 is 0 Å². The highest BCUT2D eigenvalue weighted by Crippen LogP contribution is 2.08. The average molecular weight is 251 g/mol. The van der Waals surface area contributed by atoms with Gasteiger partial charge in [-0.2, -0.15) is 0 Å². The second kappa shape index (κ2) is 5.97. The molecule has 0 saturated carbocycles. The van der Waals surface area contributed by atoms with Crippen molar-refractivity contribution in [2.24, 2.45) is 0 Å². The van der Waals surface area contributed by atoms with Crippen molar-refractivity contribution in [2.45, 2.75) is 6.42 Å². The van der Waals surface area contributed by atoms with Crippen molar-refractivity contribution in [3.63, 3.8) is 0 Å². The molecule has 0 fully saturated rings. The van der Waals surface area contributed by atoms with Crippen molar-refractivity contribution in [2.75, 3.05) is 20.3 Å². The molecule has 0 aliphatic heterocycles. The van der Waals surface area contributed by atoms with Crippen LogP contribution < -0.4 is 4.84 Å². The predicted octanol–water partition coefficient (Wildman–Crippen LogP) is 1.03. The average Bonchev–Trinajstić information content (AvgIpc) is 2.78. The van der Waals surface area contributed by atoms with Crippen LogP contribution in [0.5, 0.6) is 0 Å². The first-order chi connectivity index (χ1) is 8.81. The molecule has 7 nitrogen and oxygen atoms in total. The van der Waals surface area contributed by atoms with E-state index in [0.29, 0.717) is 24.1 Å². The summed E-state index contributed by atoms with van der Waals surface area (Å²) in [6, 6.07) is 7.14. The number of nitrogens with zero attached hydrogens (tertiary/aromatic N) is 3. The van der Waals surface area contributed by atoms with E-state index in [-0.39, 0.29) is 6.61 Å². The number of carbonyl (C=O) groups is 1. The molecule has 0 N–H and O–H groups in total. The van der Waals surface area contributed by atoms with Gasteiger partial charge in [0.1, 0.15) is 11.0 Å². The van der Waals surface area contributed by atoms with E-state index in [0.717, 1.165) is 4.85 Å². The lowest BCUT2D eigenvalue weighted by molar-refractivity contribution is 0.0347. The van der Waals surface area contributed by atoms with E-state index in [4.69, 9.17) is 14.3 Å². The lowest BCUT2D eigenvalue weighted by atomic mass is 10.3. The summed E-state index contributed by atoms with van der Waals surface area (Å²) in [4.78, 5) is 17.3. The summed E-state index contributed by atoms with van der Waals surface area (Å²) in [6.07, 6.45) is -0.203. The zero-order chi connectivity index (χ0) is 12.8. The Labute approximate surface area is 103 Å². The molecule has 0 aliphatic rings. The third-order valence-corrected chi connectivity index (χ3v) is 2.20. The Bertz CT molecular complexity index is 526. The first-order valence-electron chi connectivity index (χ1n) is 5.46. The SMILES string of the molecule is COCCCOC(=O)On1nnc2ccccc21. The predicted molar refractivity (Wildman–Crippen MR) is 61.9 cm³/mol. The number of hydrogen-bond acceptors (Lipinski definition) is 6. The molecule has 1 aromatic carbocycles. The summed E-state index contributed by atoms with van der Waals surface area (Å²) in [7, 11) is 1.58. The largest absolute Gasteiger partial charge is 0.535 e. The molecule has 0 spiro atoms. The summed E-state index contributed by atoms with van der Waals surface area (Å²) in [5.41, 5.74) is 1.25. The van der Waals surface area contributed by atoms with Crippen molar-refractivity contribution >= 4 is 17.2 Å². The molecular formula is C11H13N3O4. The van der Waals surface area contributed by atoms with E-state index in [9.17, 15) is 4.79 Å². The van der Waals surface area contributed by atoms with Crippen LogP contribution in [0, 0.1) is 0 Å². The molecule has 96 valence electrons. The topological polar surface area (TPSA) is 75.5 Å². The van der Waals surface area contributed by atoms with Gasteiger partial charge in [-0.3, -0.25) is 4.84 Å². The molecule has 0 unspecified atom stereocenters. The van der Waals surface area contributed by atoms with Gasteiger partial charge in [0.25, 0.3) is 0 Å². The minimum Gasteiger partial charge on any atom is -0.433 e. The number of ether oxygens (including phenoxy) is 2. The van der Waals surface area contributed by atoms with Crippen LogP contribution in [-0.4, -0.2) is 41.6 Å². The highest BCUT2D eigenvalue weighted by atomic mass is 16.8. The van der Waals surface area contributed by atoms with Crippen molar-refractivity contribution in [3.8, 4) is 0 Å². The molecule has 2 rings (SSSR count). The molecule has 0 radical (unpaired) electrons. The summed E-state index contributed by atoms with van der Waals surface area (Å²) in [5, 5.41) is 7.54. The third-order valence-electron chi connectivity index (χ3n) is 2.20. The molecule has 0 amide bonds. The second-order valence-electron chi connectivity index (χ2n) is 3.49. The smallest absolute Gasteiger partial charge is 0.433 e. The standard InChI is InChI=1S/C11H13N3O4/c1-16-7-4-8-17-11(15)18-14-10-6-3-2-5-9(10)12-13-14/h2-3,5-6H,4,7-8H2,1H3. The van der Waals surface area contributed by atoms with Gasteiger partial charge >= 0.3 is 6.16 Å². The molecule has 0 bridgehead atoms.